The fourth-order valence-electron chi connectivity index (χ4n) is 0.796. The predicted molar refractivity (Wildman–Crippen MR) is 49.9 cm³/mol. The minimum atomic E-state index is 1.23. The summed E-state index contributed by atoms with van der Waals surface area (Å²) in [4.78, 5) is 1.47. The van der Waals surface area contributed by atoms with Crippen molar-refractivity contribution in [3.8, 4) is 0 Å². The maximum Gasteiger partial charge on any atom is 0.0445 e. The van der Waals surface area contributed by atoms with Crippen molar-refractivity contribution in [3.63, 3.8) is 0 Å². The molecule has 0 amide bonds. The van der Waals surface area contributed by atoms with Crippen LogP contribution in [-0.2, 0) is 6.42 Å². The minimum Gasteiger partial charge on any atom is -0.165 e. The Morgan fingerprint density at radius 2 is 2.60 bits per heavy atom. The Morgan fingerprint density at radius 3 is 3.20 bits per heavy atom. The van der Waals surface area contributed by atoms with Gasteiger partial charge in [-0.05, 0) is 37.0 Å². The van der Waals surface area contributed by atoms with Gasteiger partial charge in [0.15, 0.2) is 0 Å². The smallest absolute Gasteiger partial charge is 0.0445 e. The number of hydrogen-bond acceptors (Lipinski definition) is 2. The van der Waals surface area contributed by atoms with Gasteiger partial charge in [0.25, 0.3) is 0 Å². The van der Waals surface area contributed by atoms with Gasteiger partial charge in [0.1, 0.15) is 0 Å². The summed E-state index contributed by atoms with van der Waals surface area (Å²) in [6.07, 6.45) is 4.69. The molecule has 0 unspecified atom stereocenters. The zero-order valence-electron chi connectivity index (χ0n) is 6.09. The van der Waals surface area contributed by atoms with E-state index >= 15 is 0 Å². The zero-order valence-corrected chi connectivity index (χ0v) is 7.73. The third kappa shape index (κ3) is 2.76. The molecule has 0 bridgehead atoms. The molecule has 0 spiro atoms. The van der Waals surface area contributed by atoms with E-state index in [2.05, 4.69) is 17.7 Å². The molecule has 1 aromatic rings. The lowest BCUT2D eigenvalue weighted by Gasteiger charge is -1.93. The Morgan fingerprint density at radius 1 is 1.70 bits per heavy atom. The first-order valence-electron chi connectivity index (χ1n) is 3.37. The van der Waals surface area contributed by atoms with Crippen molar-refractivity contribution in [2.45, 2.75) is 12.8 Å². The summed E-state index contributed by atoms with van der Waals surface area (Å²) in [5.41, 5.74) is 0. The third-order valence-electron chi connectivity index (χ3n) is 1.30. The fraction of sp³-hybridized carbons (Fsp3) is 0.500. The standard InChI is InChI=1S/C8H11S2/c1-9-6-2-4-8-5-3-7-10-8/h3,5H,2,4,6H2,1H3. The van der Waals surface area contributed by atoms with Crippen LogP contribution in [0.2, 0.25) is 0 Å². The van der Waals surface area contributed by atoms with Crippen molar-refractivity contribution in [2.24, 2.45) is 0 Å². The van der Waals surface area contributed by atoms with Crippen molar-refractivity contribution in [3.05, 3.63) is 22.4 Å². The van der Waals surface area contributed by atoms with E-state index in [0.717, 1.165) is 0 Å². The molecule has 0 saturated carbocycles. The highest BCUT2D eigenvalue weighted by atomic mass is 32.2. The summed E-state index contributed by atoms with van der Waals surface area (Å²) in [5, 5.41) is 3.09. The van der Waals surface area contributed by atoms with Crippen molar-refractivity contribution in [2.75, 3.05) is 12.0 Å². The predicted octanol–water partition coefficient (Wildman–Crippen LogP) is 2.84. The van der Waals surface area contributed by atoms with Crippen LogP contribution in [0.15, 0.2) is 12.1 Å². The van der Waals surface area contributed by atoms with Crippen LogP contribution in [0.25, 0.3) is 0 Å². The van der Waals surface area contributed by atoms with Gasteiger partial charge in [0.2, 0.25) is 0 Å². The zero-order chi connectivity index (χ0) is 7.23. The van der Waals surface area contributed by atoms with Crippen molar-refractivity contribution in [1.29, 1.82) is 0 Å². The lowest BCUT2D eigenvalue weighted by atomic mass is 10.3. The Labute approximate surface area is 70.7 Å². The van der Waals surface area contributed by atoms with Gasteiger partial charge in [-0.1, -0.05) is 0 Å². The molecule has 0 aliphatic rings. The normalized spacial score (nSPS) is 10.1. The van der Waals surface area contributed by atoms with E-state index in [1.165, 1.54) is 23.5 Å². The quantitative estimate of drug-likeness (QED) is 0.628. The SMILES string of the molecule is CSCCCc1cc[c]s1. The molecule has 55 valence electrons. The second-order valence-electron chi connectivity index (χ2n) is 2.12. The maximum absolute atomic E-state index is 3.09. The van der Waals surface area contributed by atoms with Gasteiger partial charge < -0.3 is 0 Å². The Bertz CT molecular complexity index is 156. The third-order valence-corrected chi connectivity index (χ3v) is 2.85. The van der Waals surface area contributed by atoms with Gasteiger partial charge in [0, 0.05) is 10.3 Å². The van der Waals surface area contributed by atoms with E-state index in [1.807, 2.05) is 17.8 Å². The van der Waals surface area contributed by atoms with Crippen LogP contribution < -0.4 is 0 Å². The van der Waals surface area contributed by atoms with Gasteiger partial charge in [-0.2, -0.15) is 11.8 Å². The first-order valence-corrected chi connectivity index (χ1v) is 5.58. The Kier molecular flexibility index (Phi) is 3.91. The summed E-state index contributed by atoms with van der Waals surface area (Å²) >= 11 is 3.66. The summed E-state index contributed by atoms with van der Waals surface area (Å²) in [6, 6.07) is 4.16. The second kappa shape index (κ2) is 4.80. The molecule has 0 nitrogen and oxygen atoms in total. The fourth-order valence-corrected chi connectivity index (χ4v) is 1.90. The molecule has 1 aromatic heterocycles. The molecule has 0 atom stereocenters. The highest BCUT2D eigenvalue weighted by Gasteiger charge is 1.91. The average molecular weight is 171 g/mol. The highest BCUT2D eigenvalue weighted by Crippen LogP contribution is 2.11. The van der Waals surface area contributed by atoms with E-state index in [1.54, 1.807) is 11.3 Å². The van der Waals surface area contributed by atoms with E-state index in [4.69, 9.17) is 0 Å². The number of rotatable bonds is 4. The largest absolute Gasteiger partial charge is 0.165 e. The molecule has 1 heterocycles. The van der Waals surface area contributed by atoms with Gasteiger partial charge in [-0.25, -0.2) is 0 Å². The first kappa shape index (κ1) is 8.15. The molecule has 10 heavy (non-hydrogen) atoms. The number of thiophene rings is 1. The van der Waals surface area contributed by atoms with Crippen LogP contribution in [0.3, 0.4) is 0 Å². The lowest BCUT2D eigenvalue weighted by Crippen LogP contribution is -1.82. The number of thioether (sulfide) groups is 1. The number of hydrogen-bond donors (Lipinski definition) is 0. The highest BCUT2D eigenvalue weighted by molar-refractivity contribution is 7.98. The van der Waals surface area contributed by atoms with Crippen molar-refractivity contribution in [1.82, 2.24) is 0 Å². The molecule has 0 N–H and O–H groups in total. The molecule has 1 radical (unpaired) electrons. The van der Waals surface area contributed by atoms with E-state index in [0.29, 0.717) is 0 Å². The Hall–Kier alpha value is 0.0500. The molecule has 0 aliphatic heterocycles. The molecule has 0 aliphatic carbocycles. The van der Waals surface area contributed by atoms with Gasteiger partial charge in [-0.3, -0.25) is 0 Å². The average Bonchev–Trinajstić information content (AvgIpc) is 2.41. The maximum atomic E-state index is 3.09. The van der Waals surface area contributed by atoms with Crippen LogP contribution in [0.1, 0.15) is 11.3 Å². The van der Waals surface area contributed by atoms with Crippen molar-refractivity contribution >= 4 is 23.1 Å². The first-order chi connectivity index (χ1) is 4.93. The molecule has 0 saturated heterocycles. The van der Waals surface area contributed by atoms with Crippen LogP contribution in [0.4, 0.5) is 0 Å². The molecule has 2 heteroatoms. The van der Waals surface area contributed by atoms with Crippen LogP contribution in [0.5, 0.6) is 0 Å². The van der Waals surface area contributed by atoms with Crippen molar-refractivity contribution < 1.29 is 0 Å². The Balaban J connectivity index is 2.15. The van der Waals surface area contributed by atoms with E-state index < -0.39 is 0 Å². The minimum absolute atomic E-state index is 1.23. The molecular formula is C8H11S2. The summed E-state index contributed by atoms with van der Waals surface area (Å²) in [7, 11) is 0. The summed E-state index contributed by atoms with van der Waals surface area (Å²) in [5.74, 6) is 1.28. The van der Waals surface area contributed by atoms with Crippen LogP contribution >= 0.6 is 23.1 Å². The number of aryl methyl sites for hydroxylation is 1. The molecular weight excluding hydrogens is 160 g/mol. The summed E-state index contributed by atoms with van der Waals surface area (Å²) in [6.45, 7) is 0. The summed E-state index contributed by atoms with van der Waals surface area (Å²) < 4.78 is 0. The topological polar surface area (TPSA) is 0 Å². The second-order valence-corrected chi connectivity index (χ2v) is 4.07. The van der Waals surface area contributed by atoms with E-state index in [9.17, 15) is 0 Å². The van der Waals surface area contributed by atoms with Gasteiger partial charge in [-0.15, -0.1) is 11.3 Å². The molecule has 0 aromatic carbocycles. The van der Waals surface area contributed by atoms with E-state index in [-0.39, 0.29) is 0 Å². The molecule has 1 rings (SSSR count). The van der Waals surface area contributed by atoms with Gasteiger partial charge >= 0.3 is 0 Å². The lowest BCUT2D eigenvalue weighted by molar-refractivity contribution is 0.953. The van der Waals surface area contributed by atoms with Gasteiger partial charge in [0.05, 0.1) is 0 Å². The molecule has 0 fully saturated rings. The monoisotopic (exact) mass is 171 g/mol. The van der Waals surface area contributed by atoms with Crippen LogP contribution in [-0.4, -0.2) is 12.0 Å². The van der Waals surface area contributed by atoms with Crippen LogP contribution in [0, 0.1) is 5.38 Å².